The molecule has 1 heteroatoms. The zero-order valence-corrected chi connectivity index (χ0v) is 14.1. The van der Waals surface area contributed by atoms with Crippen LogP contribution in [0.15, 0.2) is 61.7 Å². The lowest BCUT2D eigenvalue weighted by Gasteiger charge is -2.33. The molecule has 0 aromatic heterocycles. The largest absolute Gasteiger partial charge is 0.119 e. The molecule has 0 amide bonds. The molecule has 0 radical (unpaired) electrons. The smallest absolute Gasteiger partial charge is 0.0985 e. The maximum Gasteiger partial charge on any atom is 0.119 e. The lowest BCUT2D eigenvalue weighted by Crippen LogP contribution is -2.58. The second-order valence-electron chi connectivity index (χ2n) is 5.37. The first-order chi connectivity index (χ1) is 10.2. The minimum Gasteiger partial charge on any atom is -0.0985 e. The first kappa shape index (κ1) is 15.5. The average molecular weight is 292 g/mol. The highest BCUT2D eigenvalue weighted by molar-refractivity contribution is 7.03. The van der Waals surface area contributed by atoms with Gasteiger partial charge in [-0.3, -0.25) is 0 Å². The molecule has 0 heterocycles. The molecule has 0 aliphatic rings. The summed E-state index contributed by atoms with van der Waals surface area (Å²) in [6.45, 7) is 12.7. The standard InChI is InChI=1S/C20H24Si/c1-5-17-13-9-11-15-19(17)21(7-3,8-4)20-16-12-10-14-18(20)6-2/h5-6,9-16H,1-2,7-8H2,3-4H3. The first-order valence-corrected chi connectivity index (χ1v) is 10.1. The zero-order chi connectivity index (χ0) is 15.3. The van der Waals surface area contributed by atoms with E-state index in [1.165, 1.54) is 33.6 Å². The predicted octanol–water partition coefficient (Wildman–Crippen LogP) is 4.58. The van der Waals surface area contributed by atoms with Crippen LogP contribution in [0.4, 0.5) is 0 Å². The summed E-state index contributed by atoms with van der Waals surface area (Å²) < 4.78 is 0. The Morgan fingerprint density at radius 3 is 1.48 bits per heavy atom. The van der Waals surface area contributed by atoms with Crippen LogP contribution in [-0.4, -0.2) is 8.07 Å². The van der Waals surface area contributed by atoms with E-state index in [-0.39, 0.29) is 0 Å². The number of hydrogen-bond donors (Lipinski definition) is 0. The molecule has 0 spiro atoms. The second kappa shape index (κ2) is 6.73. The minimum atomic E-state index is -1.77. The zero-order valence-electron chi connectivity index (χ0n) is 13.1. The summed E-state index contributed by atoms with van der Waals surface area (Å²) in [4.78, 5) is 0. The molecule has 2 aromatic rings. The van der Waals surface area contributed by atoms with Crippen LogP contribution in [0.25, 0.3) is 12.2 Å². The van der Waals surface area contributed by atoms with E-state index in [1.807, 2.05) is 12.2 Å². The number of benzene rings is 2. The molecule has 0 unspecified atom stereocenters. The Bertz CT molecular complexity index is 582. The van der Waals surface area contributed by atoms with E-state index in [2.05, 4.69) is 75.5 Å². The van der Waals surface area contributed by atoms with E-state index in [4.69, 9.17) is 0 Å². The Balaban J connectivity index is 2.76. The normalized spacial score (nSPS) is 11.1. The lowest BCUT2D eigenvalue weighted by molar-refractivity contribution is 1.28. The van der Waals surface area contributed by atoms with Gasteiger partial charge < -0.3 is 0 Å². The summed E-state index contributed by atoms with van der Waals surface area (Å²) >= 11 is 0. The SMILES string of the molecule is C=Cc1ccccc1[Si](CC)(CC)c1ccccc1C=C. The van der Waals surface area contributed by atoms with Crippen LogP contribution in [0.5, 0.6) is 0 Å². The molecule has 0 N–H and O–H groups in total. The van der Waals surface area contributed by atoms with Gasteiger partial charge >= 0.3 is 0 Å². The molecule has 0 nitrogen and oxygen atoms in total. The number of rotatable bonds is 6. The molecule has 0 bridgehead atoms. The van der Waals surface area contributed by atoms with Gasteiger partial charge in [0.05, 0.1) is 0 Å². The molecule has 2 aromatic carbocycles. The fourth-order valence-corrected chi connectivity index (χ4v) is 8.00. The van der Waals surface area contributed by atoms with Gasteiger partial charge in [-0.1, -0.05) is 99.8 Å². The van der Waals surface area contributed by atoms with Crippen molar-refractivity contribution < 1.29 is 0 Å². The molecule has 21 heavy (non-hydrogen) atoms. The van der Waals surface area contributed by atoms with E-state index in [1.54, 1.807) is 0 Å². The topological polar surface area (TPSA) is 0 Å². The molecule has 0 saturated heterocycles. The van der Waals surface area contributed by atoms with Crippen LogP contribution in [-0.2, 0) is 0 Å². The van der Waals surface area contributed by atoms with Crippen molar-refractivity contribution in [2.24, 2.45) is 0 Å². The third-order valence-electron chi connectivity index (χ3n) is 4.60. The highest BCUT2D eigenvalue weighted by atomic mass is 28.3. The summed E-state index contributed by atoms with van der Waals surface area (Å²) in [5, 5.41) is 3.00. The highest BCUT2D eigenvalue weighted by Crippen LogP contribution is 2.20. The van der Waals surface area contributed by atoms with E-state index in [9.17, 15) is 0 Å². The van der Waals surface area contributed by atoms with Crippen LogP contribution in [0.1, 0.15) is 25.0 Å². The maximum absolute atomic E-state index is 4.01. The van der Waals surface area contributed by atoms with E-state index >= 15 is 0 Å². The molecule has 2 rings (SSSR count). The quantitative estimate of drug-likeness (QED) is 0.684. The van der Waals surface area contributed by atoms with Gasteiger partial charge in [-0.05, 0) is 21.5 Å². The second-order valence-corrected chi connectivity index (χ2v) is 10.0. The third-order valence-corrected chi connectivity index (χ3v) is 9.99. The minimum absolute atomic E-state index is 1.19. The van der Waals surface area contributed by atoms with Crippen LogP contribution < -0.4 is 10.4 Å². The van der Waals surface area contributed by atoms with Gasteiger partial charge in [-0.15, -0.1) is 0 Å². The summed E-state index contributed by atoms with van der Waals surface area (Å²) in [7, 11) is -1.77. The Morgan fingerprint density at radius 1 is 0.762 bits per heavy atom. The fraction of sp³-hybridized carbons (Fsp3) is 0.200. The lowest BCUT2D eigenvalue weighted by atomic mass is 10.2. The van der Waals surface area contributed by atoms with Gasteiger partial charge in [0.1, 0.15) is 8.07 Å². The molecule has 0 saturated carbocycles. The van der Waals surface area contributed by atoms with Crippen molar-refractivity contribution in [1.82, 2.24) is 0 Å². The van der Waals surface area contributed by atoms with Crippen molar-refractivity contribution in [3.8, 4) is 0 Å². The fourth-order valence-electron chi connectivity index (χ4n) is 3.38. The van der Waals surface area contributed by atoms with Crippen molar-refractivity contribution in [2.75, 3.05) is 0 Å². The van der Waals surface area contributed by atoms with Crippen LogP contribution in [0.3, 0.4) is 0 Å². The van der Waals surface area contributed by atoms with E-state index in [0.29, 0.717) is 0 Å². The molecule has 0 fully saturated rings. The van der Waals surface area contributed by atoms with E-state index < -0.39 is 8.07 Å². The first-order valence-electron chi connectivity index (χ1n) is 7.67. The van der Waals surface area contributed by atoms with E-state index in [0.717, 1.165) is 0 Å². The van der Waals surface area contributed by atoms with Crippen molar-refractivity contribution in [3.05, 3.63) is 72.8 Å². The highest BCUT2D eigenvalue weighted by Gasteiger charge is 2.35. The Labute approximate surface area is 129 Å². The Morgan fingerprint density at radius 2 is 1.14 bits per heavy atom. The van der Waals surface area contributed by atoms with Gasteiger partial charge in [0, 0.05) is 0 Å². The monoisotopic (exact) mass is 292 g/mol. The van der Waals surface area contributed by atoms with Gasteiger partial charge in [-0.25, -0.2) is 0 Å². The van der Waals surface area contributed by atoms with Crippen LogP contribution in [0.2, 0.25) is 12.1 Å². The number of hydrogen-bond acceptors (Lipinski definition) is 0. The summed E-state index contributed by atoms with van der Waals surface area (Å²) in [5.41, 5.74) is 2.57. The predicted molar refractivity (Wildman–Crippen MR) is 99.1 cm³/mol. The molecular weight excluding hydrogens is 268 g/mol. The average Bonchev–Trinajstić information content (AvgIpc) is 2.57. The van der Waals surface area contributed by atoms with Gasteiger partial charge in [-0.2, -0.15) is 0 Å². The molecule has 0 atom stereocenters. The summed E-state index contributed by atoms with van der Waals surface area (Å²) in [5.74, 6) is 0. The van der Waals surface area contributed by atoms with Crippen LogP contribution >= 0.6 is 0 Å². The Kier molecular flexibility index (Phi) is 4.97. The maximum atomic E-state index is 4.01. The summed E-state index contributed by atoms with van der Waals surface area (Å²) in [6, 6.07) is 19.9. The third kappa shape index (κ3) is 2.66. The van der Waals surface area contributed by atoms with Gasteiger partial charge in [0.25, 0.3) is 0 Å². The molecular formula is C20H24Si. The van der Waals surface area contributed by atoms with Crippen LogP contribution in [0, 0.1) is 0 Å². The van der Waals surface area contributed by atoms with Crippen molar-refractivity contribution in [2.45, 2.75) is 25.9 Å². The van der Waals surface area contributed by atoms with Crippen molar-refractivity contribution >= 4 is 30.6 Å². The molecule has 108 valence electrons. The van der Waals surface area contributed by atoms with Crippen molar-refractivity contribution in [1.29, 1.82) is 0 Å². The van der Waals surface area contributed by atoms with Gasteiger partial charge in [0.2, 0.25) is 0 Å². The van der Waals surface area contributed by atoms with Gasteiger partial charge in [0.15, 0.2) is 0 Å². The summed E-state index contributed by atoms with van der Waals surface area (Å²) in [6.07, 6.45) is 4.00. The molecule has 0 aliphatic carbocycles. The van der Waals surface area contributed by atoms with Crippen molar-refractivity contribution in [3.63, 3.8) is 0 Å². The Hall–Kier alpha value is -1.86. The molecule has 0 aliphatic heterocycles.